The van der Waals surface area contributed by atoms with Crippen molar-refractivity contribution in [2.75, 3.05) is 0 Å². The van der Waals surface area contributed by atoms with Gasteiger partial charge in [0, 0.05) is 23.1 Å². The van der Waals surface area contributed by atoms with Crippen LogP contribution in [0.3, 0.4) is 0 Å². The Morgan fingerprint density at radius 3 is 2.37 bits per heavy atom. The van der Waals surface area contributed by atoms with Gasteiger partial charge in [0.05, 0.1) is 5.41 Å². The maximum absolute atomic E-state index is 13.1. The van der Waals surface area contributed by atoms with Gasteiger partial charge in [0.15, 0.2) is 5.78 Å². The molecule has 4 aromatic carbocycles. The molecule has 2 heteroatoms. The van der Waals surface area contributed by atoms with Gasteiger partial charge in [-0.1, -0.05) is 72.8 Å². The van der Waals surface area contributed by atoms with Crippen LogP contribution in [-0.2, 0) is 5.41 Å². The Balaban J connectivity index is 1.83. The molecule has 1 heterocycles. The van der Waals surface area contributed by atoms with Crippen molar-refractivity contribution in [3.8, 4) is 11.5 Å². The van der Waals surface area contributed by atoms with E-state index in [2.05, 4.69) is 36.4 Å². The minimum atomic E-state index is -0.501. The summed E-state index contributed by atoms with van der Waals surface area (Å²) in [5.41, 5.74) is 3.60. The first-order valence-electron chi connectivity index (χ1n) is 9.21. The Hall–Kier alpha value is -3.39. The number of benzene rings is 4. The smallest absolute Gasteiger partial charge is 0.164 e. The Kier molecular flexibility index (Phi) is 2.77. The number of para-hydroxylation sites is 1. The summed E-state index contributed by atoms with van der Waals surface area (Å²) in [6, 6.07) is 28.7. The Labute approximate surface area is 157 Å². The summed E-state index contributed by atoms with van der Waals surface area (Å²) in [5.74, 6) is 1.88. The molecule has 0 fully saturated rings. The SMILES string of the molecule is O=C1CC2(c3ccccc3Oc3ccc4ccccc4c32)c2ccccc21. The molecule has 0 amide bonds. The lowest BCUT2D eigenvalue weighted by Crippen LogP contribution is -2.31. The standard InChI is InChI=1S/C25H16O2/c26-21-15-25(19-10-4-3-9-18(19)21)20-11-5-6-12-22(20)27-23-14-13-16-7-1-2-8-17(16)24(23)25/h1-14H,15H2. The third-order valence-corrected chi connectivity index (χ3v) is 6.00. The van der Waals surface area contributed by atoms with E-state index in [9.17, 15) is 4.79 Å². The van der Waals surface area contributed by atoms with Crippen molar-refractivity contribution in [3.63, 3.8) is 0 Å². The molecule has 0 saturated heterocycles. The highest BCUT2D eigenvalue weighted by Gasteiger charge is 2.51. The normalized spacial score (nSPS) is 19.5. The van der Waals surface area contributed by atoms with Crippen LogP contribution >= 0.6 is 0 Å². The second kappa shape index (κ2) is 5.08. The van der Waals surface area contributed by atoms with Gasteiger partial charge < -0.3 is 4.74 Å². The average molecular weight is 348 g/mol. The molecular weight excluding hydrogens is 332 g/mol. The number of hydrogen-bond donors (Lipinski definition) is 0. The van der Waals surface area contributed by atoms with Crippen LogP contribution in [0.15, 0.2) is 84.9 Å². The lowest BCUT2D eigenvalue weighted by Gasteiger charge is -2.38. The fraction of sp³-hybridized carbons (Fsp3) is 0.0800. The maximum Gasteiger partial charge on any atom is 0.164 e. The fourth-order valence-corrected chi connectivity index (χ4v) is 4.93. The van der Waals surface area contributed by atoms with Crippen LogP contribution < -0.4 is 4.74 Å². The molecule has 0 saturated carbocycles. The average Bonchev–Trinajstić information content (AvgIpc) is 3.01. The van der Waals surface area contributed by atoms with E-state index in [-0.39, 0.29) is 5.78 Å². The first kappa shape index (κ1) is 14.7. The number of carbonyl (C=O) groups is 1. The zero-order valence-electron chi connectivity index (χ0n) is 14.6. The molecule has 1 aliphatic carbocycles. The molecular formula is C25H16O2. The van der Waals surface area contributed by atoms with Gasteiger partial charge in [-0.2, -0.15) is 0 Å². The lowest BCUT2D eigenvalue weighted by atomic mass is 9.67. The first-order chi connectivity index (χ1) is 13.3. The van der Waals surface area contributed by atoms with Gasteiger partial charge in [0.25, 0.3) is 0 Å². The summed E-state index contributed by atoms with van der Waals surface area (Å²) in [6.07, 6.45) is 0.438. The Morgan fingerprint density at radius 2 is 1.44 bits per heavy atom. The van der Waals surface area contributed by atoms with Gasteiger partial charge in [-0.3, -0.25) is 4.79 Å². The van der Waals surface area contributed by atoms with Crippen molar-refractivity contribution >= 4 is 16.6 Å². The highest BCUT2D eigenvalue weighted by Crippen LogP contribution is 2.58. The van der Waals surface area contributed by atoms with Crippen molar-refractivity contribution in [1.29, 1.82) is 0 Å². The minimum Gasteiger partial charge on any atom is -0.457 e. The highest BCUT2D eigenvalue weighted by molar-refractivity contribution is 6.06. The number of carbonyl (C=O) groups excluding carboxylic acids is 1. The van der Waals surface area contributed by atoms with E-state index in [1.165, 1.54) is 0 Å². The van der Waals surface area contributed by atoms with Gasteiger partial charge in [0.2, 0.25) is 0 Å². The largest absolute Gasteiger partial charge is 0.457 e. The number of ether oxygens (including phenoxy) is 1. The Morgan fingerprint density at radius 1 is 0.704 bits per heavy atom. The van der Waals surface area contributed by atoms with Crippen molar-refractivity contribution < 1.29 is 9.53 Å². The molecule has 1 atom stereocenters. The lowest BCUT2D eigenvalue weighted by molar-refractivity contribution is 0.0983. The quantitative estimate of drug-likeness (QED) is 0.397. The van der Waals surface area contributed by atoms with Gasteiger partial charge in [0.1, 0.15) is 11.5 Å². The summed E-state index contributed by atoms with van der Waals surface area (Å²) < 4.78 is 6.31. The number of fused-ring (bicyclic) bond motifs is 8. The molecule has 4 aromatic rings. The van der Waals surface area contributed by atoms with Gasteiger partial charge in [-0.15, -0.1) is 0 Å². The molecule has 2 aliphatic rings. The molecule has 6 rings (SSSR count). The summed E-state index contributed by atoms with van der Waals surface area (Å²) in [6.45, 7) is 0. The molecule has 0 bridgehead atoms. The van der Waals surface area contributed by atoms with Crippen molar-refractivity contribution in [3.05, 3.63) is 107 Å². The minimum absolute atomic E-state index is 0.196. The summed E-state index contributed by atoms with van der Waals surface area (Å²) in [5, 5.41) is 2.31. The van der Waals surface area contributed by atoms with Crippen LogP contribution in [0.1, 0.15) is 33.5 Å². The van der Waals surface area contributed by atoms with E-state index < -0.39 is 5.41 Å². The van der Waals surface area contributed by atoms with E-state index in [0.717, 1.165) is 44.5 Å². The van der Waals surface area contributed by atoms with Crippen LogP contribution in [0.25, 0.3) is 10.8 Å². The van der Waals surface area contributed by atoms with Crippen molar-refractivity contribution in [2.45, 2.75) is 11.8 Å². The van der Waals surface area contributed by atoms with Gasteiger partial charge in [-0.05, 0) is 28.5 Å². The number of ketones is 1. The molecule has 0 radical (unpaired) electrons. The molecule has 1 spiro atoms. The molecule has 2 nitrogen and oxygen atoms in total. The van der Waals surface area contributed by atoms with Gasteiger partial charge in [-0.25, -0.2) is 0 Å². The predicted octanol–water partition coefficient (Wildman–Crippen LogP) is 5.87. The zero-order chi connectivity index (χ0) is 18.0. The maximum atomic E-state index is 13.1. The third kappa shape index (κ3) is 1.77. The molecule has 1 aliphatic heterocycles. The number of Topliss-reactive ketones (excluding diaryl/α,β-unsaturated/α-hetero) is 1. The monoisotopic (exact) mass is 348 g/mol. The van der Waals surface area contributed by atoms with Crippen molar-refractivity contribution in [1.82, 2.24) is 0 Å². The molecule has 1 unspecified atom stereocenters. The fourth-order valence-electron chi connectivity index (χ4n) is 4.93. The highest BCUT2D eigenvalue weighted by atomic mass is 16.5. The molecule has 0 N–H and O–H groups in total. The van der Waals surface area contributed by atoms with Crippen LogP contribution in [0.4, 0.5) is 0 Å². The van der Waals surface area contributed by atoms with Gasteiger partial charge >= 0.3 is 0 Å². The first-order valence-corrected chi connectivity index (χ1v) is 9.21. The van der Waals surface area contributed by atoms with Crippen LogP contribution in [0.2, 0.25) is 0 Å². The number of hydrogen-bond acceptors (Lipinski definition) is 2. The van der Waals surface area contributed by atoms with E-state index in [4.69, 9.17) is 4.74 Å². The predicted molar refractivity (Wildman–Crippen MR) is 106 cm³/mol. The van der Waals surface area contributed by atoms with Crippen LogP contribution in [0, 0.1) is 0 Å². The summed E-state index contributed by atoms with van der Waals surface area (Å²) in [7, 11) is 0. The summed E-state index contributed by atoms with van der Waals surface area (Å²) >= 11 is 0. The van der Waals surface area contributed by atoms with Crippen molar-refractivity contribution in [2.24, 2.45) is 0 Å². The van der Waals surface area contributed by atoms with Crippen LogP contribution in [0.5, 0.6) is 11.5 Å². The molecule has 0 aromatic heterocycles. The molecule has 128 valence electrons. The third-order valence-electron chi connectivity index (χ3n) is 6.00. The Bertz CT molecular complexity index is 1250. The molecule has 27 heavy (non-hydrogen) atoms. The van der Waals surface area contributed by atoms with E-state index in [1.807, 2.05) is 48.5 Å². The van der Waals surface area contributed by atoms with E-state index in [1.54, 1.807) is 0 Å². The summed E-state index contributed by atoms with van der Waals surface area (Å²) in [4.78, 5) is 13.1. The zero-order valence-corrected chi connectivity index (χ0v) is 14.6. The second-order valence-electron chi connectivity index (χ2n) is 7.31. The topological polar surface area (TPSA) is 26.3 Å². The van der Waals surface area contributed by atoms with Crippen LogP contribution in [-0.4, -0.2) is 5.78 Å². The van der Waals surface area contributed by atoms with E-state index >= 15 is 0 Å². The second-order valence-corrected chi connectivity index (χ2v) is 7.31. The van der Waals surface area contributed by atoms with E-state index in [0.29, 0.717) is 6.42 Å². The number of rotatable bonds is 0.